The van der Waals surface area contributed by atoms with E-state index in [1.165, 1.54) is 4.90 Å². The molecule has 0 aromatic heterocycles. The van der Waals surface area contributed by atoms with Crippen molar-refractivity contribution in [1.29, 1.82) is 0 Å². The third-order valence-electron chi connectivity index (χ3n) is 3.05. The lowest BCUT2D eigenvalue weighted by atomic mass is 10.1. The van der Waals surface area contributed by atoms with Crippen LogP contribution in [0.3, 0.4) is 0 Å². The standard InChI is InChI=1S/C14H17NO5/c1-2-19-11-6-4-3-5-10(11)13(16)15-7-8-20-12(9-15)14(17)18/h3-6,12H,2,7-9H2,1H3,(H,17,18)/t12-/m1/s1. The molecular formula is C14H17NO5. The first-order valence-corrected chi connectivity index (χ1v) is 6.49. The van der Waals surface area contributed by atoms with Crippen molar-refractivity contribution in [1.82, 2.24) is 4.90 Å². The highest BCUT2D eigenvalue weighted by Crippen LogP contribution is 2.21. The van der Waals surface area contributed by atoms with E-state index in [9.17, 15) is 9.59 Å². The van der Waals surface area contributed by atoms with E-state index < -0.39 is 12.1 Å². The molecule has 0 bridgehead atoms. The summed E-state index contributed by atoms with van der Waals surface area (Å²) in [6, 6.07) is 6.95. The van der Waals surface area contributed by atoms with Gasteiger partial charge < -0.3 is 19.5 Å². The van der Waals surface area contributed by atoms with Gasteiger partial charge in [-0.2, -0.15) is 0 Å². The monoisotopic (exact) mass is 279 g/mol. The van der Waals surface area contributed by atoms with E-state index in [0.717, 1.165) is 0 Å². The number of amides is 1. The normalized spacial score (nSPS) is 18.6. The molecule has 1 saturated heterocycles. The molecule has 0 aliphatic carbocycles. The molecule has 1 aliphatic rings. The van der Waals surface area contributed by atoms with Crippen LogP contribution in [0, 0.1) is 0 Å². The highest BCUT2D eigenvalue weighted by Gasteiger charge is 2.30. The Labute approximate surface area is 116 Å². The number of aliphatic carboxylic acids is 1. The Morgan fingerprint density at radius 2 is 2.20 bits per heavy atom. The molecule has 0 spiro atoms. The molecule has 1 heterocycles. The first-order chi connectivity index (χ1) is 9.63. The predicted octanol–water partition coefficient (Wildman–Crippen LogP) is 1.01. The fourth-order valence-electron chi connectivity index (χ4n) is 2.08. The van der Waals surface area contributed by atoms with Crippen LogP contribution in [-0.2, 0) is 9.53 Å². The van der Waals surface area contributed by atoms with E-state index in [1.807, 2.05) is 6.92 Å². The number of hydrogen-bond acceptors (Lipinski definition) is 4. The van der Waals surface area contributed by atoms with Crippen LogP contribution in [0.5, 0.6) is 5.75 Å². The van der Waals surface area contributed by atoms with Crippen molar-refractivity contribution in [2.75, 3.05) is 26.3 Å². The van der Waals surface area contributed by atoms with Crippen LogP contribution in [-0.4, -0.2) is 54.3 Å². The molecule has 1 aliphatic heterocycles. The molecule has 1 N–H and O–H groups in total. The molecule has 108 valence electrons. The Kier molecular flexibility index (Phi) is 4.57. The fraction of sp³-hybridized carbons (Fsp3) is 0.429. The zero-order valence-electron chi connectivity index (χ0n) is 11.2. The molecular weight excluding hydrogens is 262 g/mol. The minimum Gasteiger partial charge on any atom is -0.493 e. The Hall–Kier alpha value is -2.08. The molecule has 0 radical (unpaired) electrons. The second-order valence-corrected chi connectivity index (χ2v) is 4.38. The topological polar surface area (TPSA) is 76.1 Å². The van der Waals surface area contributed by atoms with E-state index in [0.29, 0.717) is 24.5 Å². The largest absolute Gasteiger partial charge is 0.493 e. The van der Waals surface area contributed by atoms with E-state index in [4.69, 9.17) is 14.6 Å². The molecule has 1 aromatic rings. The number of ether oxygens (including phenoxy) is 2. The third-order valence-corrected chi connectivity index (χ3v) is 3.05. The lowest BCUT2D eigenvalue weighted by molar-refractivity contribution is -0.154. The smallest absolute Gasteiger partial charge is 0.334 e. The molecule has 6 nitrogen and oxygen atoms in total. The van der Waals surface area contributed by atoms with Gasteiger partial charge in [-0.25, -0.2) is 4.79 Å². The molecule has 0 unspecified atom stereocenters. The summed E-state index contributed by atoms with van der Waals surface area (Å²) in [5, 5.41) is 8.96. The Balaban J connectivity index is 2.16. The fourth-order valence-corrected chi connectivity index (χ4v) is 2.08. The summed E-state index contributed by atoms with van der Waals surface area (Å²) in [4.78, 5) is 24.9. The summed E-state index contributed by atoms with van der Waals surface area (Å²) < 4.78 is 10.5. The summed E-state index contributed by atoms with van der Waals surface area (Å²) in [5.41, 5.74) is 0.445. The van der Waals surface area contributed by atoms with Crippen LogP contribution < -0.4 is 4.74 Å². The van der Waals surface area contributed by atoms with Gasteiger partial charge >= 0.3 is 5.97 Å². The van der Waals surface area contributed by atoms with Crippen LogP contribution in [0.15, 0.2) is 24.3 Å². The average Bonchev–Trinajstić information content (AvgIpc) is 2.47. The van der Waals surface area contributed by atoms with Crippen LogP contribution in [0.1, 0.15) is 17.3 Å². The van der Waals surface area contributed by atoms with Gasteiger partial charge in [0.1, 0.15) is 5.75 Å². The lowest BCUT2D eigenvalue weighted by Crippen LogP contribution is -2.48. The highest BCUT2D eigenvalue weighted by molar-refractivity contribution is 5.97. The number of morpholine rings is 1. The summed E-state index contributed by atoms with van der Waals surface area (Å²) in [7, 11) is 0. The molecule has 6 heteroatoms. The number of carboxylic acid groups (broad SMARTS) is 1. The van der Waals surface area contributed by atoms with E-state index >= 15 is 0 Å². The van der Waals surface area contributed by atoms with Gasteiger partial charge in [0.25, 0.3) is 5.91 Å². The Morgan fingerprint density at radius 3 is 2.90 bits per heavy atom. The number of para-hydroxylation sites is 1. The molecule has 0 saturated carbocycles. The Morgan fingerprint density at radius 1 is 1.45 bits per heavy atom. The second kappa shape index (κ2) is 6.38. The summed E-state index contributed by atoms with van der Waals surface area (Å²) >= 11 is 0. The van der Waals surface area contributed by atoms with Crippen LogP contribution in [0.25, 0.3) is 0 Å². The molecule has 1 fully saturated rings. The number of carbonyl (C=O) groups is 2. The molecule has 1 amide bonds. The first-order valence-electron chi connectivity index (χ1n) is 6.49. The van der Waals surface area contributed by atoms with Crippen molar-refractivity contribution in [2.45, 2.75) is 13.0 Å². The van der Waals surface area contributed by atoms with Crippen molar-refractivity contribution < 1.29 is 24.2 Å². The maximum absolute atomic E-state index is 12.5. The van der Waals surface area contributed by atoms with E-state index in [-0.39, 0.29) is 19.1 Å². The van der Waals surface area contributed by atoms with Gasteiger partial charge in [0.15, 0.2) is 6.10 Å². The predicted molar refractivity (Wildman–Crippen MR) is 70.9 cm³/mol. The van der Waals surface area contributed by atoms with Crippen molar-refractivity contribution in [3.8, 4) is 5.75 Å². The maximum atomic E-state index is 12.5. The average molecular weight is 279 g/mol. The second-order valence-electron chi connectivity index (χ2n) is 4.38. The number of hydrogen-bond donors (Lipinski definition) is 1. The van der Waals surface area contributed by atoms with E-state index in [1.54, 1.807) is 24.3 Å². The van der Waals surface area contributed by atoms with Crippen LogP contribution >= 0.6 is 0 Å². The number of nitrogens with zero attached hydrogens (tertiary/aromatic N) is 1. The zero-order chi connectivity index (χ0) is 14.5. The highest BCUT2D eigenvalue weighted by atomic mass is 16.5. The number of carboxylic acids is 1. The number of carbonyl (C=O) groups excluding carboxylic acids is 1. The first kappa shape index (κ1) is 14.3. The minimum atomic E-state index is -1.06. The van der Waals surface area contributed by atoms with Crippen molar-refractivity contribution in [3.63, 3.8) is 0 Å². The third kappa shape index (κ3) is 3.08. The molecule has 1 atom stereocenters. The summed E-state index contributed by atoms with van der Waals surface area (Å²) in [6.45, 7) is 2.96. The SMILES string of the molecule is CCOc1ccccc1C(=O)N1CCO[C@@H](C(=O)O)C1. The molecule has 20 heavy (non-hydrogen) atoms. The lowest BCUT2D eigenvalue weighted by Gasteiger charge is -2.31. The summed E-state index contributed by atoms with van der Waals surface area (Å²) in [6.07, 6.45) is -0.966. The van der Waals surface area contributed by atoms with Crippen LogP contribution in [0.2, 0.25) is 0 Å². The maximum Gasteiger partial charge on any atom is 0.334 e. The Bertz CT molecular complexity index is 502. The number of benzene rings is 1. The zero-order valence-corrected chi connectivity index (χ0v) is 11.2. The quantitative estimate of drug-likeness (QED) is 0.890. The number of rotatable bonds is 4. The van der Waals surface area contributed by atoms with Gasteiger partial charge in [0.2, 0.25) is 0 Å². The van der Waals surface area contributed by atoms with Crippen molar-refractivity contribution in [3.05, 3.63) is 29.8 Å². The van der Waals surface area contributed by atoms with Crippen LogP contribution in [0.4, 0.5) is 0 Å². The van der Waals surface area contributed by atoms with E-state index in [2.05, 4.69) is 0 Å². The molecule has 2 rings (SSSR count). The van der Waals surface area contributed by atoms with Crippen molar-refractivity contribution in [2.24, 2.45) is 0 Å². The van der Waals surface area contributed by atoms with Gasteiger partial charge in [0, 0.05) is 6.54 Å². The van der Waals surface area contributed by atoms with Gasteiger partial charge in [-0.05, 0) is 19.1 Å². The van der Waals surface area contributed by atoms with Gasteiger partial charge in [-0.15, -0.1) is 0 Å². The van der Waals surface area contributed by atoms with Gasteiger partial charge in [-0.3, -0.25) is 4.79 Å². The minimum absolute atomic E-state index is 0.0502. The van der Waals surface area contributed by atoms with Gasteiger partial charge in [-0.1, -0.05) is 12.1 Å². The van der Waals surface area contributed by atoms with Crippen molar-refractivity contribution >= 4 is 11.9 Å². The molecule has 1 aromatic carbocycles. The summed E-state index contributed by atoms with van der Waals surface area (Å²) in [5.74, 6) is -0.775. The van der Waals surface area contributed by atoms with Gasteiger partial charge in [0.05, 0.1) is 25.3 Å².